The van der Waals surface area contributed by atoms with E-state index in [1.165, 1.54) is 7.05 Å². The number of ether oxygens (including phenoxy) is 2. The van der Waals surface area contributed by atoms with Crippen LogP contribution in [-0.2, 0) is 47.0 Å². The first kappa shape index (κ1) is 17.0. The molecule has 4 N–H and O–H groups in total. The molecule has 10 heteroatoms. The Labute approximate surface area is 148 Å². The molecule has 1 aromatic carbocycles. The number of hydrogen-bond acceptors (Lipinski definition) is 7. The predicted molar refractivity (Wildman–Crippen MR) is 90.1 cm³/mol. The van der Waals surface area contributed by atoms with Crippen molar-refractivity contribution in [2.75, 3.05) is 7.05 Å². The zero-order valence-electron chi connectivity index (χ0n) is 13.9. The predicted octanol–water partition coefficient (Wildman–Crippen LogP) is -0.257. The number of hydrogen-bond donors (Lipinski definition) is 3. The Bertz CT molecular complexity index is 1030. The van der Waals surface area contributed by atoms with E-state index in [2.05, 4.69) is 9.71 Å². The standard InChI is InChI=1S/C16H17N3O6S/c1-18-26(22,23)7-8-2-3-12-10(4-8)11-5-9(17)6-16(13(11)19-12)24-14(20)15(21)25-16/h2-4,9,18-19H,5-7,17H2,1H3. The van der Waals surface area contributed by atoms with Crippen LogP contribution in [0.1, 0.15) is 23.2 Å². The van der Waals surface area contributed by atoms with Crippen LogP contribution in [0.25, 0.3) is 10.9 Å². The van der Waals surface area contributed by atoms with Crippen LogP contribution in [-0.4, -0.2) is 38.4 Å². The molecule has 2 aromatic rings. The van der Waals surface area contributed by atoms with Crippen molar-refractivity contribution >= 4 is 32.9 Å². The maximum atomic E-state index is 11.8. The van der Waals surface area contributed by atoms with Crippen molar-refractivity contribution in [2.24, 2.45) is 5.73 Å². The topological polar surface area (TPSA) is 141 Å². The minimum absolute atomic E-state index is 0.158. The summed E-state index contributed by atoms with van der Waals surface area (Å²) in [7, 11) is -2.06. The molecule has 2 heterocycles. The maximum absolute atomic E-state index is 11.8. The zero-order chi connectivity index (χ0) is 18.7. The first-order chi connectivity index (χ1) is 12.2. The maximum Gasteiger partial charge on any atom is 0.421 e. The van der Waals surface area contributed by atoms with Gasteiger partial charge in [-0.05, 0) is 36.7 Å². The van der Waals surface area contributed by atoms with Crippen LogP contribution in [0, 0.1) is 0 Å². The van der Waals surface area contributed by atoms with Gasteiger partial charge in [0.1, 0.15) is 5.69 Å². The second-order valence-electron chi connectivity index (χ2n) is 6.52. The largest absolute Gasteiger partial charge is 0.421 e. The van der Waals surface area contributed by atoms with Crippen LogP contribution in [0.5, 0.6) is 0 Å². The number of benzene rings is 1. The van der Waals surface area contributed by atoms with Crippen molar-refractivity contribution in [3.63, 3.8) is 0 Å². The molecule has 2 aliphatic rings. The summed E-state index contributed by atoms with van der Waals surface area (Å²) in [6.07, 6.45) is 0.639. The molecule has 138 valence electrons. The summed E-state index contributed by atoms with van der Waals surface area (Å²) in [5.41, 5.74) is 8.65. The lowest BCUT2D eigenvalue weighted by Crippen LogP contribution is -2.42. The summed E-state index contributed by atoms with van der Waals surface area (Å²) in [4.78, 5) is 26.3. The van der Waals surface area contributed by atoms with E-state index in [4.69, 9.17) is 15.2 Å². The molecule has 1 aliphatic carbocycles. The van der Waals surface area contributed by atoms with Gasteiger partial charge in [-0.1, -0.05) is 6.07 Å². The van der Waals surface area contributed by atoms with Crippen LogP contribution in [0.15, 0.2) is 18.2 Å². The fraction of sp³-hybridized carbons (Fsp3) is 0.375. The molecule has 0 amide bonds. The van der Waals surface area contributed by atoms with Gasteiger partial charge in [0.2, 0.25) is 10.0 Å². The van der Waals surface area contributed by atoms with E-state index in [1.54, 1.807) is 18.2 Å². The van der Waals surface area contributed by atoms with Crippen LogP contribution in [0.4, 0.5) is 0 Å². The average molecular weight is 379 g/mol. The molecule has 0 radical (unpaired) electrons. The molecule has 1 aromatic heterocycles. The normalized spacial score (nSPS) is 21.7. The lowest BCUT2D eigenvalue weighted by molar-refractivity contribution is -0.192. The monoisotopic (exact) mass is 379 g/mol. The van der Waals surface area contributed by atoms with Gasteiger partial charge in [0.15, 0.2) is 0 Å². The van der Waals surface area contributed by atoms with E-state index in [1.807, 2.05) is 0 Å². The lowest BCUT2D eigenvalue weighted by Gasteiger charge is -2.32. The molecule has 1 fully saturated rings. The summed E-state index contributed by atoms with van der Waals surface area (Å²) in [5.74, 6) is -3.81. The molecule has 26 heavy (non-hydrogen) atoms. The summed E-state index contributed by atoms with van der Waals surface area (Å²) < 4.78 is 36.3. The zero-order valence-corrected chi connectivity index (χ0v) is 14.7. The minimum Gasteiger partial charge on any atom is -0.408 e. The number of carbonyl (C=O) groups excluding carboxylic acids is 2. The van der Waals surface area contributed by atoms with Gasteiger partial charge in [-0.2, -0.15) is 0 Å². The van der Waals surface area contributed by atoms with Gasteiger partial charge < -0.3 is 20.2 Å². The second-order valence-corrected chi connectivity index (χ2v) is 8.45. The van der Waals surface area contributed by atoms with Crippen molar-refractivity contribution in [1.29, 1.82) is 0 Å². The van der Waals surface area contributed by atoms with Gasteiger partial charge in [-0.15, -0.1) is 0 Å². The number of fused-ring (bicyclic) bond motifs is 4. The number of nitrogens with one attached hydrogen (secondary N) is 2. The van der Waals surface area contributed by atoms with Crippen LogP contribution >= 0.6 is 0 Å². The van der Waals surface area contributed by atoms with Gasteiger partial charge in [-0.25, -0.2) is 22.7 Å². The molecular weight excluding hydrogens is 362 g/mol. The molecule has 1 unspecified atom stereocenters. The molecule has 0 saturated carbocycles. The number of carbonyl (C=O) groups is 2. The Morgan fingerprint density at radius 3 is 2.65 bits per heavy atom. The van der Waals surface area contributed by atoms with Gasteiger partial charge in [-0.3, -0.25) is 0 Å². The molecule has 1 spiro atoms. The van der Waals surface area contributed by atoms with Gasteiger partial charge in [0.05, 0.1) is 5.75 Å². The van der Waals surface area contributed by atoms with E-state index < -0.39 is 27.7 Å². The highest BCUT2D eigenvalue weighted by Gasteiger charge is 2.55. The highest BCUT2D eigenvalue weighted by molar-refractivity contribution is 7.88. The minimum atomic E-state index is -3.42. The molecule has 9 nitrogen and oxygen atoms in total. The van der Waals surface area contributed by atoms with Crippen molar-refractivity contribution in [3.05, 3.63) is 35.0 Å². The van der Waals surface area contributed by atoms with Crippen molar-refractivity contribution in [1.82, 2.24) is 9.71 Å². The molecule has 0 bridgehead atoms. The van der Waals surface area contributed by atoms with Gasteiger partial charge in [0, 0.05) is 23.4 Å². The number of nitrogens with two attached hydrogens (primary N) is 1. The van der Waals surface area contributed by atoms with E-state index in [0.717, 1.165) is 10.9 Å². The Kier molecular flexibility index (Phi) is 3.62. The van der Waals surface area contributed by atoms with Crippen molar-refractivity contribution in [2.45, 2.75) is 30.4 Å². The van der Waals surface area contributed by atoms with E-state index >= 15 is 0 Å². The Morgan fingerprint density at radius 1 is 1.31 bits per heavy atom. The van der Waals surface area contributed by atoms with E-state index in [9.17, 15) is 18.0 Å². The Hall–Kier alpha value is -2.43. The van der Waals surface area contributed by atoms with Crippen LogP contribution in [0.3, 0.4) is 0 Å². The number of sulfonamides is 1. The lowest BCUT2D eigenvalue weighted by atomic mass is 9.87. The smallest absolute Gasteiger partial charge is 0.408 e. The van der Waals surface area contributed by atoms with Crippen molar-refractivity contribution < 1.29 is 27.5 Å². The average Bonchev–Trinajstić information content (AvgIpc) is 3.06. The highest BCUT2D eigenvalue weighted by Crippen LogP contribution is 2.44. The molecular formula is C16H17N3O6S. The molecule has 4 rings (SSSR count). The summed E-state index contributed by atoms with van der Waals surface area (Å²) in [6, 6.07) is 4.80. The number of esters is 2. The third-order valence-corrected chi connectivity index (χ3v) is 6.03. The summed E-state index contributed by atoms with van der Waals surface area (Å²) >= 11 is 0. The summed E-state index contributed by atoms with van der Waals surface area (Å²) in [5, 5.41) is 0.761. The third kappa shape index (κ3) is 2.57. The number of aromatic amines is 1. The summed E-state index contributed by atoms with van der Waals surface area (Å²) in [6.45, 7) is 0. The third-order valence-electron chi connectivity index (χ3n) is 4.70. The first-order valence-corrected chi connectivity index (χ1v) is 9.65. The molecule has 1 atom stereocenters. The molecule has 1 saturated heterocycles. The first-order valence-electron chi connectivity index (χ1n) is 8.00. The quantitative estimate of drug-likeness (QED) is 0.493. The van der Waals surface area contributed by atoms with Crippen LogP contribution in [0.2, 0.25) is 0 Å². The van der Waals surface area contributed by atoms with Gasteiger partial charge >= 0.3 is 17.7 Å². The fourth-order valence-corrected chi connectivity index (χ4v) is 4.35. The number of H-pyrrole nitrogens is 1. The second kappa shape index (κ2) is 5.53. The Balaban J connectivity index is 1.85. The SMILES string of the molecule is CNS(=O)(=O)Cc1ccc2[nH]c3c(c2c1)CC(N)CC31OC(=O)C(=O)O1. The Morgan fingerprint density at radius 2 is 2.00 bits per heavy atom. The number of aromatic nitrogens is 1. The van der Waals surface area contributed by atoms with Crippen molar-refractivity contribution in [3.8, 4) is 0 Å². The van der Waals surface area contributed by atoms with Gasteiger partial charge in [0.25, 0.3) is 0 Å². The molecule has 1 aliphatic heterocycles. The van der Waals surface area contributed by atoms with E-state index in [-0.39, 0.29) is 18.2 Å². The van der Waals surface area contributed by atoms with E-state index in [0.29, 0.717) is 23.2 Å². The number of rotatable bonds is 3. The fourth-order valence-electron chi connectivity index (χ4n) is 3.58. The highest BCUT2D eigenvalue weighted by atomic mass is 32.2. The van der Waals surface area contributed by atoms with Crippen LogP contribution < -0.4 is 10.5 Å².